The van der Waals surface area contributed by atoms with Gasteiger partial charge >= 0.3 is 0 Å². The molecule has 0 atom stereocenters. The average Bonchev–Trinajstić information content (AvgIpc) is 2.65. The summed E-state index contributed by atoms with van der Waals surface area (Å²) in [5.41, 5.74) is 1.55. The predicted octanol–water partition coefficient (Wildman–Crippen LogP) is 3.00. The second-order valence-corrected chi connectivity index (χ2v) is 3.05. The van der Waals surface area contributed by atoms with Gasteiger partial charge in [0.2, 0.25) is 5.22 Å². The fourth-order valence-electron chi connectivity index (χ4n) is 1.17. The molecule has 0 aliphatic carbocycles. The number of nitrogens with zero attached hydrogens (tertiary/aromatic N) is 1. The molecule has 1 aromatic carbocycles. The molecule has 0 unspecified atom stereocenters. The highest BCUT2D eigenvalue weighted by Gasteiger charge is 2.07. The van der Waals surface area contributed by atoms with E-state index in [2.05, 4.69) is 4.98 Å². The second-order valence-electron chi connectivity index (χ2n) is 2.70. The Hall–Kier alpha value is -1.48. The Bertz CT molecular complexity index is 422. The van der Waals surface area contributed by atoms with Crippen molar-refractivity contribution in [1.29, 1.82) is 0 Å². The van der Waals surface area contributed by atoms with Crippen molar-refractivity contribution in [1.82, 2.24) is 4.98 Å². The van der Waals surface area contributed by atoms with E-state index in [4.69, 9.17) is 20.8 Å². The van der Waals surface area contributed by atoms with Crippen LogP contribution in [0.4, 0.5) is 0 Å². The molecule has 2 rings (SSSR count). The molecule has 14 heavy (non-hydrogen) atoms. The van der Waals surface area contributed by atoms with Gasteiger partial charge in [-0.3, -0.25) is 0 Å². The van der Waals surface area contributed by atoms with Crippen LogP contribution in [-0.4, -0.2) is 12.1 Å². The molecule has 0 amide bonds. The minimum Gasteiger partial charge on any atom is -0.497 e. The number of ether oxygens (including phenoxy) is 1. The summed E-state index contributed by atoms with van der Waals surface area (Å²) in [5, 5.41) is 0.301. The van der Waals surface area contributed by atoms with E-state index in [-0.39, 0.29) is 0 Å². The third-order valence-corrected chi connectivity index (χ3v) is 2.16. The topological polar surface area (TPSA) is 35.3 Å². The van der Waals surface area contributed by atoms with Crippen molar-refractivity contribution in [3.8, 4) is 17.0 Å². The number of hydrogen-bond acceptors (Lipinski definition) is 3. The van der Waals surface area contributed by atoms with E-state index in [9.17, 15) is 0 Å². The van der Waals surface area contributed by atoms with Crippen molar-refractivity contribution in [2.45, 2.75) is 0 Å². The standard InChI is InChI=1S/C10H8ClNO2/c1-13-8-4-2-7(3-5-8)9-10(11)14-6-12-9/h2-6H,1H3. The van der Waals surface area contributed by atoms with Crippen molar-refractivity contribution in [2.24, 2.45) is 0 Å². The molecule has 4 heteroatoms. The van der Waals surface area contributed by atoms with Crippen molar-refractivity contribution in [3.05, 3.63) is 35.9 Å². The Morgan fingerprint density at radius 3 is 2.50 bits per heavy atom. The quantitative estimate of drug-likeness (QED) is 0.763. The summed E-state index contributed by atoms with van der Waals surface area (Å²) >= 11 is 5.79. The zero-order valence-electron chi connectivity index (χ0n) is 7.53. The van der Waals surface area contributed by atoms with Crippen LogP contribution in [0.2, 0.25) is 5.22 Å². The summed E-state index contributed by atoms with van der Waals surface area (Å²) in [6.45, 7) is 0. The van der Waals surface area contributed by atoms with Crippen LogP contribution in [0.1, 0.15) is 0 Å². The molecule has 0 radical (unpaired) electrons. The van der Waals surface area contributed by atoms with E-state index in [1.807, 2.05) is 24.3 Å². The molecule has 0 saturated carbocycles. The highest BCUT2D eigenvalue weighted by molar-refractivity contribution is 6.31. The lowest BCUT2D eigenvalue weighted by Crippen LogP contribution is -1.82. The molecule has 0 fully saturated rings. The summed E-state index contributed by atoms with van der Waals surface area (Å²) in [4.78, 5) is 4.00. The summed E-state index contributed by atoms with van der Waals surface area (Å²) in [6.07, 6.45) is 1.32. The van der Waals surface area contributed by atoms with Gasteiger partial charge in [-0.15, -0.1) is 0 Å². The van der Waals surface area contributed by atoms with Crippen LogP contribution < -0.4 is 4.74 Å². The Morgan fingerprint density at radius 1 is 1.29 bits per heavy atom. The first-order valence-electron chi connectivity index (χ1n) is 4.04. The normalized spacial score (nSPS) is 10.1. The molecule has 72 valence electrons. The van der Waals surface area contributed by atoms with Gasteiger partial charge in [-0.05, 0) is 35.9 Å². The summed E-state index contributed by atoms with van der Waals surface area (Å²) < 4.78 is 9.94. The Kier molecular flexibility index (Phi) is 2.41. The molecule has 0 aliphatic heterocycles. The highest BCUT2D eigenvalue weighted by Crippen LogP contribution is 2.27. The Labute approximate surface area is 86.3 Å². The molecule has 0 saturated heterocycles. The average molecular weight is 210 g/mol. The number of rotatable bonds is 2. The van der Waals surface area contributed by atoms with Crippen molar-refractivity contribution in [3.63, 3.8) is 0 Å². The van der Waals surface area contributed by atoms with Crippen LogP contribution in [0.5, 0.6) is 5.75 Å². The van der Waals surface area contributed by atoms with Crippen LogP contribution in [-0.2, 0) is 0 Å². The molecule has 1 heterocycles. The number of oxazole rings is 1. The zero-order valence-corrected chi connectivity index (χ0v) is 8.28. The number of aromatic nitrogens is 1. The maximum absolute atomic E-state index is 5.79. The molecular weight excluding hydrogens is 202 g/mol. The maximum atomic E-state index is 5.79. The lowest BCUT2D eigenvalue weighted by molar-refractivity contribution is 0.415. The molecule has 2 aromatic rings. The van der Waals surface area contributed by atoms with Gasteiger partial charge in [0.05, 0.1) is 7.11 Å². The van der Waals surface area contributed by atoms with Crippen LogP contribution >= 0.6 is 11.6 Å². The number of hydrogen-bond donors (Lipinski definition) is 0. The first kappa shape index (κ1) is 9.09. The summed E-state index contributed by atoms with van der Waals surface area (Å²) in [7, 11) is 1.62. The van der Waals surface area contributed by atoms with E-state index in [0.29, 0.717) is 10.9 Å². The Morgan fingerprint density at radius 2 is 2.00 bits per heavy atom. The third-order valence-electron chi connectivity index (χ3n) is 1.89. The Balaban J connectivity index is 2.39. The summed E-state index contributed by atoms with van der Waals surface area (Å²) in [6, 6.07) is 7.45. The first-order chi connectivity index (χ1) is 6.81. The molecule has 1 aromatic heterocycles. The molecule has 0 N–H and O–H groups in total. The van der Waals surface area contributed by atoms with Gasteiger partial charge in [0, 0.05) is 5.56 Å². The minimum absolute atomic E-state index is 0.301. The van der Waals surface area contributed by atoms with Crippen molar-refractivity contribution in [2.75, 3.05) is 7.11 Å². The van der Waals surface area contributed by atoms with Gasteiger partial charge in [0.1, 0.15) is 11.4 Å². The zero-order chi connectivity index (χ0) is 9.97. The largest absolute Gasteiger partial charge is 0.497 e. The first-order valence-corrected chi connectivity index (χ1v) is 4.42. The number of benzene rings is 1. The number of methoxy groups -OCH3 is 1. The monoisotopic (exact) mass is 209 g/mol. The van der Waals surface area contributed by atoms with E-state index < -0.39 is 0 Å². The third kappa shape index (κ3) is 1.59. The van der Waals surface area contributed by atoms with Gasteiger partial charge in [0.15, 0.2) is 6.39 Å². The SMILES string of the molecule is COc1ccc(-c2ncoc2Cl)cc1. The van der Waals surface area contributed by atoms with Gasteiger partial charge in [-0.25, -0.2) is 4.98 Å². The molecule has 0 aliphatic rings. The van der Waals surface area contributed by atoms with E-state index >= 15 is 0 Å². The van der Waals surface area contributed by atoms with Crippen molar-refractivity contribution < 1.29 is 9.15 Å². The molecule has 3 nitrogen and oxygen atoms in total. The smallest absolute Gasteiger partial charge is 0.221 e. The van der Waals surface area contributed by atoms with Gasteiger partial charge in [-0.1, -0.05) is 0 Å². The maximum Gasteiger partial charge on any atom is 0.221 e. The predicted molar refractivity (Wildman–Crippen MR) is 53.5 cm³/mol. The second kappa shape index (κ2) is 3.72. The summed E-state index contributed by atoms with van der Waals surface area (Å²) in [5.74, 6) is 0.799. The van der Waals surface area contributed by atoms with E-state index in [1.165, 1.54) is 6.39 Å². The fraction of sp³-hybridized carbons (Fsp3) is 0.100. The number of halogens is 1. The molecule has 0 bridgehead atoms. The molecular formula is C10H8ClNO2. The van der Waals surface area contributed by atoms with E-state index in [1.54, 1.807) is 7.11 Å². The molecule has 0 spiro atoms. The highest BCUT2D eigenvalue weighted by atomic mass is 35.5. The van der Waals surface area contributed by atoms with Gasteiger partial charge < -0.3 is 9.15 Å². The van der Waals surface area contributed by atoms with Crippen molar-refractivity contribution >= 4 is 11.6 Å². The van der Waals surface area contributed by atoms with Crippen LogP contribution in [0.3, 0.4) is 0 Å². The van der Waals surface area contributed by atoms with Crippen LogP contribution in [0.15, 0.2) is 35.1 Å². The van der Waals surface area contributed by atoms with Crippen LogP contribution in [0, 0.1) is 0 Å². The fourth-order valence-corrected chi connectivity index (χ4v) is 1.37. The van der Waals surface area contributed by atoms with Gasteiger partial charge in [0.25, 0.3) is 0 Å². The lowest BCUT2D eigenvalue weighted by atomic mass is 10.2. The van der Waals surface area contributed by atoms with Crippen LogP contribution in [0.25, 0.3) is 11.3 Å². The lowest BCUT2D eigenvalue weighted by Gasteiger charge is -2.00. The minimum atomic E-state index is 0.301. The van der Waals surface area contributed by atoms with E-state index in [0.717, 1.165) is 11.3 Å². The van der Waals surface area contributed by atoms with Gasteiger partial charge in [-0.2, -0.15) is 0 Å².